The van der Waals surface area contributed by atoms with Crippen LogP contribution in [0.3, 0.4) is 0 Å². The Hall–Kier alpha value is -1.92. The molecule has 2 aliphatic heterocycles. The van der Waals surface area contributed by atoms with Crippen LogP contribution < -0.4 is 10.6 Å². The van der Waals surface area contributed by atoms with Crippen molar-refractivity contribution < 1.29 is 9.59 Å². The first-order valence-electron chi connectivity index (χ1n) is 10.1. The summed E-state index contributed by atoms with van der Waals surface area (Å²) in [6, 6.07) is 7.68. The van der Waals surface area contributed by atoms with Gasteiger partial charge in [0.2, 0.25) is 5.91 Å². The lowest BCUT2D eigenvalue weighted by atomic mass is 9.92. The van der Waals surface area contributed by atoms with Crippen LogP contribution in [0.2, 0.25) is 0 Å². The van der Waals surface area contributed by atoms with Crippen LogP contribution in [0.25, 0.3) is 0 Å². The monoisotopic (exact) mass is 370 g/mol. The van der Waals surface area contributed by atoms with E-state index in [1.165, 1.54) is 0 Å². The number of piperazine rings is 1. The number of hydrogen-bond acceptors (Lipinski definition) is 4. The van der Waals surface area contributed by atoms with Gasteiger partial charge in [0.05, 0.1) is 0 Å². The zero-order chi connectivity index (χ0) is 18.9. The van der Waals surface area contributed by atoms with Crippen molar-refractivity contribution in [1.82, 2.24) is 20.4 Å². The third-order valence-corrected chi connectivity index (χ3v) is 6.56. The van der Waals surface area contributed by atoms with Gasteiger partial charge in [-0.2, -0.15) is 0 Å². The summed E-state index contributed by atoms with van der Waals surface area (Å²) in [6.45, 7) is 6.02. The van der Waals surface area contributed by atoms with Gasteiger partial charge in [-0.3, -0.25) is 9.59 Å². The quantitative estimate of drug-likeness (QED) is 0.833. The number of benzene rings is 1. The van der Waals surface area contributed by atoms with Gasteiger partial charge in [0, 0.05) is 44.2 Å². The van der Waals surface area contributed by atoms with Crippen molar-refractivity contribution in [3.05, 3.63) is 35.4 Å². The van der Waals surface area contributed by atoms with Gasteiger partial charge in [0.25, 0.3) is 5.91 Å². The Morgan fingerprint density at radius 3 is 2.44 bits per heavy atom. The first-order chi connectivity index (χ1) is 13.1. The molecular formula is C21H30N4O2. The van der Waals surface area contributed by atoms with Crippen molar-refractivity contribution in [2.75, 3.05) is 46.3 Å². The Bertz CT molecular complexity index is 689. The minimum absolute atomic E-state index is 0.101. The van der Waals surface area contributed by atoms with Crippen molar-refractivity contribution >= 4 is 11.8 Å². The number of rotatable bonds is 4. The normalized spacial score (nSPS) is 24.6. The van der Waals surface area contributed by atoms with E-state index in [9.17, 15) is 9.59 Å². The standard InChI is InChI=1S/C21H30N4O2/c1-24-10-12-25(13-11-24)20(27)17-4-2-16(3-5-17)15-23-19(26)18-14-21(18)6-8-22-9-7-21/h2-5,18,22H,6-15H2,1H3,(H,23,26). The lowest BCUT2D eigenvalue weighted by Gasteiger charge is -2.32. The third kappa shape index (κ3) is 4.01. The predicted molar refractivity (Wildman–Crippen MR) is 104 cm³/mol. The molecule has 0 bridgehead atoms. The molecule has 1 aromatic carbocycles. The van der Waals surface area contributed by atoms with E-state index in [1.807, 2.05) is 29.2 Å². The van der Waals surface area contributed by atoms with Gasteiger partial charge in [-0.25, -0.2) is 0 Å². The van der Waals surface area contributed by atoms with E-state index < -0.39 is 0 Å². The molecule has 6 nitrogen and oxygen atoms in total. The minimum Gasteiger partial charge on any atom is -0.352 e. The maximum absolute atomic E-state index is 12.6. The topological polar surface area (TPSA) is 64.7 Å². The molecule has 6 heteroatoms. The van der Waals surface area contributed by atoms with Crippen molar-refractivity contribution in [1.29, 1.82) is 0 Å². The van der Waals surface area contributed by atoms with Crippen molar-refractivity contribution in [3.63, 3.8) is 0 Å². The Morgan fingerprint density at radius 2 is 1.78 bits per heavy atom. The summed E-state index contributed by atoms with van der Waals surface area (Å²) in [5, 5.41) is 6.46. The number of piperidine rings is 1. The highest BCUT2D eigenvalue weighted by Crippen LogP contribution is 2.58. The molecule has 2 heterocycles. The Kier molecular flexibility index (Phi) is 5.19. The Morgan fingerprint density at radius 1 is 1.11 bits per heavy atom. The minimum atomic E-state index is 0.101. The molecule has 3 aliphatic rings. The van der Waals surface area contributed by atoms with Gasteiger partial charge in [-0.05, 0) is 62.5 Å². The van der Waals surface area contributed by atoms with Crippen LogP contribution in [-0.4, -0.2) is 67.9 Å². The predicted octanol–water partition coefficient (Wildman–Crippen LogP) is 1.08. The highest BCUT2D eigenvalue weighted by molar-refractivity contribution is 5.94. The molecular weight excluding hydrogens is 340 g/mol. The number of carbonyl (C=O) groups excluding carboxylic acids is 2. The maximum atomic E-state index is 12.6. The number of nitrogens with one attached hydrogen (secondary N) is 2. The molecule has 0 aromatic heterocycles. The molecule has 3 fully saturated rings. The van der Waals surface area contributed by atoms with Gasteiger partial charge in [0.15, 0.2) is 0 Å². The fourth-order valence-electron chi connectivity index (χ4n) is 4.47. The third-order valence-electron chi connectivity index (χ3n) is 6.56. The number of nitrogens with zero attached hydrogens (tertiary/aromatic N) is 2. The average Bonchev–Trinajstić information content (AvgIpc) is 3.40. The first kappa shape index (κ1) is 18.4. The summed E-state index contributed by atoms with van der Waals surface area (Å²) in [5.74, 6) is 0.483. The molecule has 1 saturated carbocycles. The van der Waals surface area contributed by atoms with Crippen LogP contribution in [0, 0.1) is 11.3 Å². The largest absolute Gasteiger partial charge is 0.352 e. The zero-order valence-electron chi connectivity index (χ0n) is 16.2. The zero-order valence-corrected chi connectivity index (χ0v) is 16.2. The number of amides is 2. The molecule has 2 amide bonds. The van der Waals surface area contributed by atoms with Crippen LogP contribution >= 0.6 is 0 Å². The molecule has 1 aliphatic carbocycles. The van der Waals surface area contributed by atoms with Gasteiger partial charge in [-0.15, -0.1) is 0 Å². The van der Waals surface area contributed by atoms with Crippen LogP contribution in [-0.2, 0) is 11.3 Å². The lowest BCUT2D eigenvalue weighted by molar-refractivity contribution is -0.123. The molecule has 1 spiro atoms. The molecule has 1 unspecified atom stereocenters. The number of likely N-dealkylation sites (N-methyl/N-ethyl adjacent to an activating group) is 1. The second kappa shape index (κ2) is 7.60. The fraction of sp³-hybridized carbons (Fsp3) is 0.619. The van der Waals surface area contributed by atoms with E-state index in [-0.39, 0.29) is 23.1 Å². The molecule has 0 radical (unpaired) electrons. The lowest BCUT2D eigenvalue weighted by Crippen LogP contribution is -2.47. The van der Waals surface area contributed by atoms with Crippen molar-refractivity contribution in [2.45, 2.75) is 25.8 Å². The highest BCUT2D eigenvalue weighted by atomic mass is 16.2. The van der Waals surface area contributed by atoms with Crippen LogP contribution in [0.1, 0.15) is 35.2 Å². The van der Waals surface area contributed by atoms with E-state index in [0.29, 0.717) is 6.54 Å². The maximum Gasteiger partial charge on any atom is 0.253 e. The second-order valence-corrected chi connectivity index (χ2v) is 8.38. The van der Waals surface area contributed by atoms with E-state index in [0.717, 1.165) is 69.7 Å². The molecule has 2 N–H and O–H groups in total. The Balaban J connectivity index is 1.27. The van der Waals surface area contributed by atoms with E-state index in [2.05, 4.69) is 22.6 Å². The van der Waals surface area contributed by atoms with Gasteiger partial charge >= 0.3 is 0 Å². The average molecular weight is 370 g/mol. The first-order valence-corrected chi connectivity index (χ1v) is 10.1. The van der Waals surface area contributed by atoms with Crippen LogP contribution in [0.5, 0.6) is 0 Å². The van der Waals surface area contributed by atoms with Crippen molar-refractivity contribution in [2.24, 2.45) is 11.3 Å². The number of carbonyl (C=O) groups is 2. The fourth-order valence-corrected chi connectivity index (χ4v) is 4.47. The Labute approximate surface area is 161 Å². The van der Waals surface area contributed by atoms with Crippen LogP contribution in [0.4, 0.5) is 0 Å². The van der Waals surface area contributed by atoms with E-state index in [4.69, 9.17) is 0 Å². The summed E-state index contributed by atoms with van der Waals surface area (Å²) in [4.78, 5) is 29.2. The number of hydrogen-bond donors (Lipinski definition) is 2. The second-order valence-electron chi connectivity index (χ2n) is 8.38. The summed E-state index contributed by atoms with van der Waals surface area (Å²) >= 11 is 0. The molecule has 146 valence electrons. The summed E-state index contributed by atoms with van der Waals surface area (Å²) in [7, 11) is 2.08. The van der Waals surface area contributed by atoms with Gasteiger partial charge in [-0.1, -0.05) is 12.1 Å². The molecule has 2 saturated heterocycles. The van der Waals surface area contributed by atoms with Gasteiger partial charge in [0.1, 0.15) is 0 Å². The molecule has 4 rings (SSSR count). The van der Waals surface area contributed by atoms with Gasteiger partial charge < -0.3 is 20.4 Å². The summed E-state index contributed by atoms with van der Waals surface area (Å²) in [5.41, 5.74) is 2.04. The van der Waals surface area contributed by atoms with E-state index in [1.54, 1.807) is 0 Å². The van der Waals surface area contributed by atoms with Crippen molar-refractivity contribution in [3.8, 4) is 0 Å². The molecule has 1 atom stereocenters. The SMILES string of the molecule is CN1CCN(C(=O)c2ccc(CNC(=O)C3CC34CCNCC4)cc2)CC1. The summed E-state index contributed by atoms with van der Waals surface area (Å²) < 4.78 is 0. The summed E-state index contributed by atoms with van der Waals surface area (Å²) in [6.07, 6.45) is 3.28. The smallest absolute Gasteiger partial charge is 0.253 e. The highest BCUT2D eigenvalue weighted by Gasteiger charge is 2.57. The van der Waals surface area contributed by atoms with Crippen LogP contribution in [0.15, 0.2) is 24.3 Å². The molecule has 1 aromatic rings. The molecule has 27 heavy (non-hydrogen) atoms. The van der Waals surface area contributed by atoms with E-state index >= 15 is 0 Å².